The van der Waals surface area contributed by atoms with Crippen LogP contribution in [-0.4, -0.2) is 27.5 Å². The van der Waals surface area contributed by atoms with Gasteiger partial charge in [-0.3, -0.25) is 4.68 Å². The predicted octanol–water partition coefficient (Wildman–Crippen LogP) is 0.380. The highest BCUT2D eigenvalue weighted by molar-refractivity contribution is 5.17. The molecule has 2 unspecified atom stereocenters. The molecule has 0 radical (unpaired) electrons. The molecular formula is C10H17N3O. The van der Waals surface area contributed by atoms with Crippen LogP contribution in [0.5, 0.6) is 0 Å². The zero-order chi connectivity index (χ0) is 10.2. The molecule has 0 aliphatic carbocycles. The fourth-order valence-corrected chi connectivity index (χ4v) is 1.90. The van der Waals surface area contributed by atoms with Gasteiger partial charge in [-0.15, -0.1) is 0 Å². The van der Waals surface area contributed by atoms with Crippen molar-refractivity contribution in [1.29, 1.82) is 0 Å². The number of β-amino-alcohol motifs (C(OH)–C–C–N with tert-alkyl or cyclic N) is 1. The standard InChI is InChI=1S/C10H17N3O/c1-8-3-4-10(14,7-11-8)9-5-12-13(2)6-9/h5-6,8,11,14H,3-4,7H2,1-2H3. The molecule has 1 aliphatic heterocycles. The van der Waals surface area contributed by atoms with Crippen LogP contribution in [0.4, 0.5) is 0 Å². The van der Waals surface area contributed by atoms with E-state index >= 15 is 0 Å². The van der Waals surface area contributed by atoms with Gasteiger partial charge in [-0.05, 0) is 19.8 Å². The number of hydrogen-bond acceptors (Lipinski definition) is 3. The highest BCUT2D eigenvalue weighted by Gasteiger charge is 2.34. The second kappa shape index (κ2) is 3.37. The number of aromatic nitrogens is 2. The van der Waals surface area contributed by atoms with Gasteiger partial charge in [0.05, 0.1) is 6.20 Å². The first-order valence-electron chi connectivity index (χ1n) is 5.05. The normalized spacial score (nSPS) is 33.2. The number of aliphatic hydroxyl groups is 1. The molecule has 1 saturated heterocycles. The first kappa shape index (κ1) is 9.68. The molecule has 0 aromatic carbocycles. The monoisotopic (exact) mass is 195 g/mol. The molecule has 0 amide bonds. The lowest BCUT2D eigenvalue weighted by Gasteiger charge is -2.35. The largest absolute Gasteiger partial charge is 0.384 e. The highest BCUT2D eigenvalue weighted by Crippen LogP contribution is 2.29. The quantitative estimate of drug-likeness (QED) is 0.681. The first-order chi connectivity index (χ1) is 6.60. The highest BCUT2D eigenvalue weighted by atomic mass is 16.3. The van der Waals surface area contributed by atoms with Crippen LogP contribution in [0, 0.1) is 0 Å². The Morgan fingerprint density at radius 3 is 3.00 bits per heavy atom. The Kier molecular flexibility index (Phi) is 2.33. The van der Waals surface area contributed by atoms with Crippen LogP contribution in [0.2, 0.25) is 0 Å². The third-order valence-corrected chi connectivity index (χ3v) is 2.98. The van der Waals surface area contributed by atoms with Gasteiger partial charge >= 0.3 is 0 Å². The Morgan fingerprint density at radius 2 is 2.50 bits per heavy atom. The van der Waals surface area contributed by atoms with Crippen LogP contribution in [-0.2, 0) is 12.6 Å². The Bertz CT molecular complexity index is 313. The molecule has 2 rings (SSSR count). The maximum absolute atomic E-state index is 10.4. The minimum atomic E-state index is -0.721. The number of aryl methyl sites for hydroxylation is 1. The van der Waals surface area contributed by atoms with Gasteiger partial charge in [0.2, 0.25) is 0 Å². The van der Waals surface area contributed by atoms with Crippen molar-refractivity contribution in [2.24, 2.45) is 7.05 Å². The lowest BCUT2D eigenvalue weighted by Crippen LogP contribution is -2.47. The number of piperidine rings is 1. The van der Waals surface area contributed by atoms with Gasteiger partial charge in [-0.25, -0.2) is 0 Å². The molecule has 0 bridgehead atoms. The van der Waals surface area contributed by atoms with Gasteiger partial charge in [-0.2, -0.15) is 5.10 Å². The molecule has 2 N–H and O–H groups in total. The lowest BCUT2D eigenvalue weighted by molar-refractivity contribution is 0.00364. The summed E-state index contributed by atoms with van der Waals surface area (Å²) in [4.78, 5) is 0. The SMILES string of the molecule is CC1CCC(O)(c2cnn(C)c2)CN1. The van der Waals surface area contributed by atoms with E-state index in [1.807, 2.05) is 13.2 Å². The summed E-state index contributed by atoms with van der Waals surface area (Å²) < 4.78 is 1.73. The van der Waals surface area contributed by atoms with Crippen LogP contribution in [0.25, 0.3) is 0 Å². The van der Waals surface area contributed by atoms with Crippen molar-refractivity contribution in [3.05, 3.63) is 18.0 Å². The van der Waals surface area contributed by atoms with Crippen LogP contribution < -0.4 is 5.32 Å². The average Bonchev–Trinajstić information content (AvgIpc) is 2.58. The molecule has 0 spiro atoms. The molecular weight excluding hydrogens is 178 g/mol. The van der Waals surface area contributed by atoms with E-state index in [0.29, 0.717) is 12.6 Å². The van der Waals surface area contributed by atoms with Gasteiger partial charge in [0.1, 0.15) is 5.60 Å². The summed E-state index contributed by atoms with van der Waals surface area (Å²) in [6.07, 6.45) is 5.45. The Labute approximate surface area is 83.9 Å². The zero-order valence-corrected chi connectivity index (χ0v) is 8.70. The van der Waals surface area contributed by atoms with Crippen LogP contribution in [0.1, 0.15) is 25.3 Å². The molecule has 1 aromatic heterocycles. The minimum Gasteiger partial charge on any atom is -0.384 e. The second-order valence-corrected chi connectivity index (χ2v) is 4.25. The minimum absolute atomic E-state index is 0.506. The van der Waals surface area contributed by atoms with Gasteiger partial charge in [0.25, 0.3) is 0 Å². The number of nitrogens with zero attached hydrogens (tertiary/aromatic N) is 2. The van der Waals surface area contributed by atoms with Gasteiger partial charge in [0, 0.05) is 31.4 Å². The maximum Gasteiger partial charge on any atom is 0.105 e. The van der Waals surface area contributed by atoms with Crippen LogP contribution in [0.3, 0.4) is 0 Å². The fourth-order valence-electron chi connectivity index (χ4n) is 1.90. The van der Waals surface area contributed by atoms with E-state index in [-0.39, 0.29) is 0 Å². The molecule has 2 atom stereocenters. The number of rotatable bonds is 1. The van der Waals surface area contributed by atoms with Gasteiger partial charge < -0.3 is 10.4 Å². The molecule has 1 aromatic rings. The smallest absolute Gasteiger partial charge is 0.105 e. The fraction of sp³-hybridized carbons (Fsp3) is 0.700. The zero-order valence-electron chi connectivity index (χ0n) is 8.70. The van der Waals surface area contributed by atoms with Crippen molar-refractivity contribution in [1.82, 2.24) is 15.1 Å². The van der Waals surface area contributed by atoms with Crippen molar-refractivity contribution >= 4 is 0 Å². The lowest BCUT2D eigenvalue weighted by atomic mass is 9.86. The number of hydrogen-bond donors (Lipinski definition) is 2. The van der Waals surface area contributed by atoms with Crippen molar-refractivity contribution in [3.8, 4) is 0 Å². The van der Waals surface area contributed by atoms with Crippen LogP contribution in [0.15, 0.2) is 12.4 Å². The Morgan fingerprint density at radius 1 is 1.71 bits per heavy atom. The van der Waals surface area contributed by atoms with E-state index in [2.05, 4.69) is 17.3 Å². The summed E-state index contributed by atoms with van der Waals surface area (Å²) >= 11 is 0. The molecule has 14 heavy (non-hydrogen) atoms. The molecule has 4 nitrogen and oxygen atoms in total. The molecule has 1 aliphatic rings. The summed E-state index contributed by atoms with van der Waals surface area (Å²) in [5, 5.41) is 17.7. The van der Waals surface area contributed by atoms with E-state index in [9.17, 15) is 5.11 Å². The van der Waals surface area contributed by atoms with Gasteiger partial charge in [0.15, 0.2) is 0 Å². The Balaban J connectivity index is 2.16. The molecule has 1 fully saturated rings. The second-order valence-electron chi connectivity index (χ2n) is 4.25. The van der Waals surface area contributed by atoms with Crippen LogP contribution >= 0.6 is 0 Å². The van der Waals surface area contributed by atoms with Crippen molar-refractivity contribution in [3.63, 3.8) is 0 Å². The first-order valence-corrected chi connectivity index (χ1v) is 5.05. The molecule has 4 heteroatoms. The number of nitrogens with one attached hydrogen (secondary N) is 1. The van der Waals surface area contributed by atoms with E-state index in [1.165, 1.54) is 0 Å². The van der Waals surface area contributed by atoms with E-state index in [0.717, 1.165) is 18.4 Å². The Hall–Kier alpha value is -0.870. The van der Waals surface area contributed by atoms with E-state index in [4.69, 9.17) is 0 Å². The average molecular weight is 195 g/mol. The van der Waals surface area contributed by atoms with E-state index < -0.39 is 5.60 Å². The predicted molar refractivity (Wildman–Crippen MR) is 53.8 cm³/mol. The summed E-state index contributed by atoms with van der Waals surface area (Å²) in [5.74, 6) is 0. The van der Waals surface area contributed by atoms with Crippen molar-refractivity contribution in [2.45, 2.75) is 31.4 Å². The molecule has 0 saturated carbocycles. The summed E-state index contributed by atoms with van der Waals surface area (Å²) in [6, 6.07) is 0.506. The summed E-state index contributed by atoms with van der Waals surface area (Å²) in [5.41, 5.74) is 0.195. The maximum atomic E-state index is 10.4. The van der Waals surface area contributed by atoms with Gasteiger partial charge in [-0.1, -0.05) is 0 Å². The molecule has 2 heterocycles. The van der Waals surface area contributed by atoms with E-state index in [1.54, 1.807) is 10.9 Å². The van der Waals surface area contributed by atoms with Crippen molar-refractivity contribution in [2.75, 3.05) is 6.54 Å². The topological polar surface area (TPSA) is 50.1 Å². The third kappa shape index (κ3) is 1.67. The summed E-state index contributed by atoms with van der Waals surface area (Å²) in [7, 11) is 1.87. The molecule has 78 valence electrons. The third-order valence-electron chi connectivity index (χ3n) is 2.98. The van der Waals surface area contributed by atoms with Crippen molar-refractivity contribution < 1.29 is 5.11 Å². The summed E-state index contributed by atoms with van der Waals surface area (Å²) in [6.45, 7) is 2.77.